The quantitative estimate of drug-likeness (QED) is 0.699. The van der Waals surface area contributed by atoms with Crippen LogP contribution < -0.4 is 5.32 Å². The lowest BCUT2D eigenvalue weighted by Crippen LogP contribution is -2.36. The lowest BCUT2D eigenvalue weighted by molar-refractivity contribution is -0.101. The summed E-state index contributed by atoms with van der Waals surface area (Å²) in [6.07, 6.45) is -0.122. The van der Waals surface area contributed by atoms with Crippen LogP contribution in [0.15, 0.2) is 0 Å². The fourth-order valence-electron chi connectivity index (χ4n) is 0.755. The molecule has 0 radical (unpaired) electrons. The molecule has 0 aliphatic heterocycles. The Bertz CT molecular complexity index is 140. The Morgan fingerprint density at radius 2 is 1.85 bits per heavy atom. The van der Waals surface area contributed by atoms with E-state index in [1.54, 1.807) is 6.92 Å². The van der Waals surface area contributed by atoms with Gasteiger partial charge in [0, 0.05) is 0 Å². The Balaban J connectivity index is 3.73. The van der Waals surface area contributed by atoms with Crippen molar-refractivity contribution in [2.45, 2.75) is 32.8 Å². The first-order valence-corrected chi connectivity index (χ1v) is 4.53. The molecule has 0 aromatic heterocycles. The van der Waals surface area contributed by atoms with E-state index in [1.807, 2.05) is 13.8 Å². The van der Waals surface area contributed by atoms with Crippen molar-refractivity contribution in [1.82, 2.24) is 5.32 Å². The second kappa shape index (κ2) is 5.50. The van der Waals surface area contributed by atoms with Gasteiger partial charge in [-0.05, 0) is 19.9 Å². The molecule has 80 valence electrons. The van der Waals surface area contributed by atoms with Crippen molar-refractivity contribution in [3.8, 4) is 0 Å². The van der Waals surface area contributed by atoms with Crippen LogP contribution in [0.2, 0.25) is 0 Å². The van der Waals surface area contributed by atoms with Gasteiger partial charge < -0.3 is 10.1 Å². The smallest absolute Gasteiger partial charge is 0.283 e. The molecular weight excluding hydrogens is 176 g/mol. The molecule has 0 rings (SSSR count). The summed E-state index contributed by atoms with van der Waals surface area (Å²) < 4.78 is 30.8. The molecule has 0 saturated carbocycles. The van der Waals surface area contributed by atoms with Crippen LogP contribution >= 0.6 is 0 Å². The predicted molar refractivity (Wildman–Crippen MR) is 49.1 cm³/mol. The second-order valence-electron chi connectivity index (χ2n) is 3.65. The van der Waals surface area contributed by atoms with E-state index in [2.05, 4.69) is 5.32 Å². The summed E-state index contributed by atoms with van der Waals surface area (Å²) >= 11 is 0. The molecule has 13 heavy (non-hydrogen) atoms. The molecule has 4 heteroatoms. The van der Waals surface area contributed by atoms with E-state index < -0.39 is 12.5 Å². The van der Waals surface area contributed by atoms with E-state index in [0.717, 1.165) is 0 Å². The Morgan fingerprint density at radius 3 is 2.23 bits per heavy atom. The first-order valence-electron chi connectivity index (χ1n) is 4.53. The molecule has 1 N–H and O–H groups in total. The zero-order valence-electron chi connectivity index (χ0n) is 8.73. The number of nitrogens with one attached hydrogen (secondary N) is 1. The van der Waals surface area contributed by atoms with Gasteiger partial charge >= 0.3 is 0 Å². The van der Waals surface area contributed by atoms with E-state index in [1.165, 1.54) is 7.05 Å². The van der Waals surface area contributed by atoms with Crippen molar-refractivity contribution in [2.24, 2.45) is 5.92 Å². The third kappa shape index (κ3) is 5.93. The minimum absolute atomic E-state index is 0.122. The molecule has 2 nitrogen and oxygen atoms in total. The highest BCUT2D eigenvalue weighted by Gasteiger charge is 2.29. The van der Waals surface area contributed by atoms with Crippen LogP contribution in [0.25, 0.3) is 0 Å². The molecule has 0 spiro atoms. The Labute approximate surface area is 78.7 Å². The molecule has 0 fully saturated rings. The van der Waals surface area contributed by atoms with Crippen LogP contribution in [0.3, 0.4) is 0 Å². The maximum Gasteiger partial charge on any atom is 0.283 e. The van der Waals surface area contributed by atoms with Crippen LogP contribution in [0.1, 0.15) is 20.8 Å². The fourth-order valence-corrected chi connectivity index (χ4v) is 0.755. The highest BCUT2D eigenvalue weighted by atomic mass is 19.3. The van der Waals surface area contributed by atoms with Gasteiger partial charge in [-0.2, -0.15) is 0 Å². The van der Waals surface area contributed by atoms with Crippen molar-refractivity contribution in [3.63, 3.8) is 0 Å². The number of halogens is 2. The van der Waals surface area contributed by atoms with Crippen molar-refractivity contribution in [3.05, 3.63) is 0 Å². The average Bonchev–Trinajstić information content (AvgIpc) is 2.00. The van der Waals surface area contributed by atoms with E-state index in [4.69, 9.17) is 4.74 Å². The van der Waals surface area contributed by atoms with Gasteiger partial charge in [0.1, 0.15) is 6.61 Å². The van der Waals surface area contributed by atoms with Crippen LogP contribution in [0, 0.1) is 5.92 Å². The van der Waals surface area contributed by atoms with Gasteiger partial charge in [0.2, 0.25) is 0 Å². The van der Waals surface area contributed by atoms with Crippen LogP contribution in [-0.4, -0.2) is 32.2 Å². The molecule has 0 aliphatic carbocycles. The summed E-state index contributed by atoms with van der Waals surface area (Å²) in [5, 5.41) is 2.43. The van der Waals surface area contributed by atoms with Gasteiger partial charge in [-0.25, -0.2) is 8.78 Å². The summed E-state index contributed by atoms with van der Waals surface area (Å²) in [7, 11) is 1.50. The van der Waals surface area contributed by atoms with Crippen molar-refractivity contribution < 1.29 is 13.5 Å². The lowest BCUT2D eigenvalue weighted by atomic mass is 10.1. The molecule has 0 bridgehead atoms. The van der Waals surface area contributed by atoms with Gasteiger partial charge in [0.25, 0.3) is 5.92 Å². The Hall–Kier alpha value is -0.220. The third-order valence-corrected chi connectivity index (χ3v) is 1.93. The van der Waals surface area contributed by atoms with Crippen molar-refractivity contribution in [2.75, 3.05) is 20.2 Å². The van der Waals surface area contributed by atoms with Gasteiger partial charge in [0.05, 0.1) is 12.6 Å². The Kier molecular flexibility index (Phi) is 5.40. The zero-order valence-corrected chi connectivity index (χ0v) is 8.73. The summed E-state index contributed by atoms with van der Waals surface area (Å²) in [4.78, 5) is 0. The number of rotatable bonds is 6. The zero-order chi connectivity index (χ0) is 10.5. The standard InChI is InChI=1S/C9H19F2NO/c1-7(2)8(3)13-6-9(10,11)5-12-4/h7-8,12H,5-6H2,1-4H3. The van der Waals surface area contributed by atoms with Crippen LogP contribution in [-0.2, 0) is 4.74 Å². The predicted octanol–water partition coefficient (Wildman–Crippen LogP) is 1.90. The molecule has 0 saturated heterocycles. The van der Waals surface area contributed by atoms with Gasteiger partial charge in [-0.3, -0.25) is 0 Å². The molecule has 0 amide bonds. The fraction of sp³-hybridized carbons (Fsp3) is 1.00. The maximum atomic E-state index is 12.9. The van der Waals surface area contributed by atoms with Crippen LogP contribution in [0.4, 0.5) is 8.78 Å². The summed E-state index contributed by atoms with van der Waals surface area (Å²) in [5.41, 5.74) is 0. The number of ether oxygens (including phenoxy) is 1. The molecule has 0 aliphatic rings. The highest BCUT2D eigenvalue weighted by Crippen LogP contribution is 2.15. The number of hydrogen-bond acceptors (Lipinski definition) is 2. The molecule has 1 atom stereocenters. The molecule has 0 aromatic carbocycles. The first-order chi connectivity index (χ1) is 5.89. The van der Waals surface area contributed by atoms with Gasteiger partial charge in [-0.1, -0.05) is 13.8 Å². The lowest BCUT2D eigenvalue weighted by Gasteiger charge is -2.21. The second-order valence-corrected chi connectivity index (χ2v) is 3.65. The molecule has 0 aromatic rings. The van der Waals surface area contributed by atoms with E-state index in [-0.39, 0.29) is 18.6 Å². The summed E-state index contributed by atoms with van der Waals surface area (Å²) in [6.45, 7) is 4.85. The van der Waals surface area contributed by atoms with E-state index in [0.29, 0.717) is 0 Å². The largest absolute Gasteiger partial charge is 0.372 e. The molecule has 0 heterocycles. The summed E-state index contributed by atoms with van der Waals surface area (Å²) in [6, 6.07) is 0. The normalized spacial score (nSPS) is 15.0. The maximum absolute atomic E-state index is 12.9. The topological polar surface area (TPSA) is 21.3 Å². The van der Waals surface area contributed by atoms with Gasteiger partial charge in [-0.15, -0.1) is 0 Å². The van der Waals surface area contributed by atoms with Gasteiger partial charge in [0.15, 0.2) is 0 Å². The van der Waals surface area contributed by atoms with Crippen LogP contribution in [0.5, 0.6) is 0 Å². The highest BCUT2D eigenvalue weighted by molar-refractivity contribution is 4.68. The molecular formula is C9H19F2NO. The molecule has 1 unspecified atom stereocenters. The SMILES string of the molecule is CNCC(F)(F)COC(C)C(C)C. The average molecular weight is 195 g/mol. The summed E-state index contributed by atoms with van der Waals surface area (Å²) in [5.74, 6) is -2.50. The van der Waals surface area contributed by atoms with E-state index >= 15 is 0 Å². The first kappa shape index (κ1) is 12.8. The van der Waals surface area contributed by atoms with Crippen molar-refractivity contribution >= 4 is 0 Å². The van der Waals surface area contributed by atoms with Crippen molar-refractivity contribution in [1.29, 1.82) is 0 Å². The third-order valence-electron chi connectivity index (χ3n) is 1.93. The minimum Gasteiger partial charge on any atom is -0.372 e. The van der Waals surface area contributed by atoms with E-state index in [9.17, 15) is 8.78 Å². The number of alkyl halides is 2. The minimum atomic E-state index is -2.77. The number of hydrogen-bond donors (Lipinski definition) is 1. The monoisotopic (exact) mass is 195 g/mol. The Morgan fingerprint density at radius 1 is 1.31 bits per heavy atom.